The van der Waals surface area contributed by atoms with E-state index in [1.165, 1.54) is 0 Å². The number of hydrogen-bond acceptors (Lipinski definition) is 7. The summed E-state index contributed by atoms with van der Waals surface area (Å²) in [6, 6.07) is 3.96. The average Bonchev–Trinajstić information content (AvgIpc) is 2.91. The number of aromatic nitrogens is 2. The Labute approximate surface area is 126 Å². The zero-order valence-electron chi connectivity index (χ0n) is 11.8. The third-order valence-corrected chi connectivity index (χ3v) is 3.65. The largest absolute Gasteiger partial charge is 0.472 e. The molecule has 0 saturated carbocycles. The molecule has 0 aliphatic carbocycles. The standard InChI is InChI=1S/C13H16N4O3S/c1-3-14-13-15-9(2)11(17(18)19)12(16-13)20-7-6-10-5-4-8-21-10/h4-5,8H,3,6-7H2,1-2H3,(H,14,15,16). The maximum Gasteiger partial charge on any atom is 0.352 e. The van der Waals surface area contributed by atoms with Gasteiger partial charge in [-0.25, -0.2) is 4.98 Å². The summed E-state index contributed by atoms with van der Waals surface area (Å²) < 4.78 is 5.51. The van der Waals surface area contributed by atoms with Gasteiger partial charge in [0.25, 0.3) is 5.88 Å². The number of nitrogens with zero attached hydrogens (tertiary/aromatic N) is 3. The zero-order chi connectivity index (χ0) is 15.2. The highest BCUT2D eigenvalue weighted by molar-refractivity contribution is 7.09. The van der Waals surface area contributed by atoms with Gasteiger partial charge in [0.05, 0.1) is 11.5 Å². The van der Waals surface area contributed by atoms with E-state index in [9.17, 15) is 10.1 Å². The van der Waals surface area contributed by atoms with Gasteiger partial charge in [0.15, 0.2) is 0 Å². The summed E-state index contributed by atoms with van der Waals surface area (Å²) >= 11 is 1.62. The molecule has 21 heavy (non-hydrogen) atoms. The fraction of sp³-hybridized carbons (Fsp3) is 0.385. The van der Waals surface area contributed by atoms with Crippen LogP contribution in [0, 0.1) is 17.0 Å². The number of anilines is 1. The van der Waals surface area contributed by atoms with Gasteiger partial charge in [0.2, 0.25) is 5.95 Å². The number of hydrogen-bond donors (Lipinski definition) is 1. The molecule has 0 aliphatic rings. The topological polar surface area (TPSA) is 90.2 Å². The lowest BCUT2D eigenvalue weighted by Gasteiger charge is -2.09. The Morgan fingerprint density at radius 2 is 2.29 bits per heavy atom. The first-order chi connectivity index (χ1) is 10.1. The fourth-order valence-electron chi connectivity index (χ4n) is 1.79. The van der Waals surface area contributed by atoms with E-state index < -0.39 is 4.92 Å². The van der Waals surface area contributed by atoms with Crippen LogP contribution in [-0.4, -0.2) is 28.0 Å². The molecule has 8 heteroatoms. The predicted octanol–water partition coefficient (Wildman–Crippen LogP) is 2.81. The number of nitrogens with one attached hydrogen (secondary N) is 1. The van der Waals surface area contributed by atoms with Crippen molar-refractivity contribution < 1.29 is 9.66 Å². The summed E-state index contributed by atoms with van der Waals surface area (Å²) in [6.07, 6.45) is 0.689. The average molecular weight is 308 g/mol. The third kappa shape index (κ3) is 3.88. The lowest BCUT2D eigenvalue weighted by molar-refractivity contribution is -0.387. The van der Waals surface area contributed by atoms with Gasteiger partial charge in [-0.2, -0.15) is 4.98 Å². The first-order valence-corrected chi connectivity index (χ1v) is 7.42. The Bertz CT molecular complexity index is 616. The highest BCUT2D eigenvalue weighted by atomic mass is 32.1. The number of rotatable bonds is 7. The van der Waals surface area contributed by atoms with Gasteiger partial charge in [0, 0.05) is 17.8 Å². The van der Waals surface area contributed by atoms with Crippen LogP contribution in [0.2, 0.25) is 0 Å². The van der Waals surface area contributed by atoms with Crippen molar-refractivity contribution >= 4 is 23.0 Å². The fourth-order valence-corrected chi connectivity index (χ4v) is 2.48. The van der Waals surface area contributed by atoms with Crippen molar-refractivity contribution in [2.24, 2.45) is 0 Å². The molecule has 1 N–H and O–H groups in total. The lowest BCUT2D eigenvalue weighted by Crippen LogP contribution is -2.10. The van der Waals surface area contributed by atoms with Crippen LogP contribution in [0.15, 0.2) is 17.5 Å². The molecular formula is C13H16N4O3S. The highest BCUT2D eigenvalue weighted by Crippen LogP contribution is 2.28. The molecule has 0 spiro atoms. The molecule has 0 amide bonds. The number of nitro groups is 1. The monoisotopic (exact) mass is 308 g/mol. The molecule has 2 rings (SSSR count). The van der Waals surface area contributed by atoms with Crippen LogP contribution in [0.1, 0.15) is 17.5 Å². The molecule has 0 aromatic carbocycles. The first-order valence-electron chi connectivity index (χ1n) is 6.54. The Morgan fingerprint density at radius 3 is 2.90 bits per heavy atom. The molecule has 0 saturated heterocycles. The van der Waals surface area contributed by atoms with Crippen LogP contribution < -0.4 is 10.1 Å². The van der Waals surface area contributed by atoms with Crippen LogP contribution in [0.25, 0.3) is 0 Å². The van der Waals surface area contributed by atoms with Crippen LogP contribution >= 0.6 is 11.3 Å². The Hall–Kier alpha value is -2.22. The van der Waals surface area contributed by atoms with Gasteiger partial charge in [-0.1, -0.05) is 6.07 Å². The van der Waals surface area contributed by atoms with Gasteiger partial charge in [0.1, 0.15) is 5.69 Å². The third-order valence-electron chi connectivity index (χ3n) is 2.71. The Kier molecular flexibility index (Phi) is 5.04. The smallest absolute Gasteiger partial charge is 0.352 e. The number of ether oxygens (including phenoxy) is 1. The van der Waals surface area contributed by atoms with Crippen molar-refractivity contribution in [3.05, 3.63) is 38.2 Å². The summed E-state index contributed by atoms with van der Waals surface area (Å²) in [5.41, 5.74) is 0.111. The molecule has 0 aliphatic heterocycles. The maximum atomic E-state index is 11.1. The van der Waals surface area contributed by atoms with Gasteiger partial charge in [-0.15, -0.1) is 11.3 Å². The normalized spacial score (nSPS) is 10.4. The van der Waals surface area contributed by atoms with Crippen LogP contribution in [0.5, 0.6) is 5.88 Å². The van der Waals surface area contributed by atoms with Crippen molar-refractivity contribution in [1.82, 2.24) is 9.97 Å². The summed E-state index contributed by atoms with van der Waals surface area (Å²) in [5.74, 6) is 0.353. The lowest BCUT2D eigenvalue weighted by atomic mass is 10.3. The van der Waals surface area contributed by atoms with Crippen molar-refractivity contribution in [3.8, 4) is 5.88 Å². The molecule has 7 nitrogen and oxygen atoms in total. The zero-order valence-corrected chi connectivity index (χ0v) is 12.6. The van der Waals surface area contributed by atoms with Gasteiger partial charge in [-0.05, 0) is 25.3 Å². The molecule has 2 aromatic rings. The van der Waals surface area contributed by atoms with E-state index in [0.717, 1.165) is 4.88 Å². The molecular weight excluding hydrogens is 292 g/mol. The van der Waals surface area contributed by atoms with E-state index in [2.05, 4.69) is 15.3 Å². The molecule has 0 atom stereocenters. The van der Waals surface area contributed by atoms with Gasteiger partial charge >= 0.3 is 5.69 Å². The molecule has 0 fully saturated rings. The quantitative estimate of drug-likeness (QED) is 0.625. The van der Waals surface area contributed by atoms with E-state index >= 15 is 0 Å². The molecule has 112 valence electrons. The van der Waals surface area contributed by atoms with Crippen LogP contribution in [0.3, 0.4) is 0 Å². The van der Waals surface area contributed by atoms with Crippen molar-refractivity contribution in [2.45, 2.75) is 20.3 Å². The molecule has 0 bridgehead atoms. The van der Waals surface area contributed by atoms with E-state index in [-0.39, 0.29) is 17.3 Å². The highest BCUT2D eigenvalue weighted by Gasteiger charge is 2.23. The van der Waals surface area contributed by atoms with Crippen molar-refractivity contribution in [3.63, 3.8) is 0 Å². The van der Waals surface area contributed by atoms with E-state index in [4.69, 9.17) is 4.74 Å². The summed E-state index contributed by atoms with van der Waals surface area (Å²) in [4.78, 5) is 19.9. The summed E-state index contributed by atoms with van der Waals surface area (Å²) in [5, 5.41) is 16.0. The van der Waals surface area contributed by atoms with Gasteiger partial charge < -0.3 is 10.1 Å². The summed E-state index contributed by atoms with van der Waals surface area (Å²) in [7, 11) is 0. The van der Waals surface area contributed by atoms with Crippen molar-refractivity contribution in [2.75, 3.05) is 18.5 Å². The minimum absolute atomic E-state index is 0.0139. The molecule has 0 unspecified atom stereocenters. The van der Waals surface area contributed by atoms with Crippen LogP contribution in [-0.2, 0) is 6.42 Å². The van der Waals surface area contributed by atoms with Crippen LogP contribution in [0.4, 0.5) is 11.6 Å². The minimum atomic E-state index is -0.508. The first kappa shape index (κ1) is 15.2. The molecule has 0 radical (unpaired) electrons. The number of aryl methyl sites for hydroxylation is 1. The minimum Gasteiger partial charge on any atom is -0.472 e. The van der Waals surface area contributed by atoms with E-state index in [1.54, 1.807) is 18.3 Å². The van der Waals surface area contributed by atoms with E-state index in [1.807, 2.05) is 24.4 Å². The second-order valence-electron chi connectivity index (χ2n) is 4.25. The molecule has 2 aromatic heterocycles. The SMILES string of the molecule is CCNc1nc(C)c([N+](=O)[O-])c(OCCc2cccs2)n1. The second kappa shape index (κ2) is 6.98. The number of thiophene rings is 1. The Morgan fingerprint density at radius 1 is 1.48 bits per heavy atom. The van der Waals surface area contributed by atoms with E-state index in [0.29, 0.717) is 25.5 Å². The Balaban J connectivity index is 2.16. The molecule has 2 heterocycles. The second-order valence-corrected chi connectivity index (χ2v) is 5.28. The maximum absolute atomic E-state index is 11.1. The van der Waals surface area contributed by atoms with Crippen molar-refractivity contribution in [1.29, 1.82) is 0 Å². The van der Waals surface area contributed by atoms with Gasteiger partial charge in [-0.3, -0.25) is 10.1 Å². The predicted molar refractivity (Wildman–Crippen MR) is 81.1 cm³/mol. The summed E-state index contributed by atoms with van der Waals surface area (Å²) in [6.45, 7) is 4.44.